The van der Waals surface area contributed by atoms with Crippen LogP contribution in [0.15, 0.2) is 24.8 Å². The number of hydrogen-bond donors (Lipinski definition) is 0. The Morgan fingerprint density at radius 1 is 1.31 bits per heavy atom. The average Bonchev–Trinajstić information content (AvgIpc) is 2.14. The van der Waals surface area contributed by atoms with Crippen molar-refractivity contribution < 1.29 is 0 Å². The quantitative estimate of drug-likeness (QED) is 0.651. The smallest absolute Gasteiger partial charge is 0.0179 e. The van der Waals surface area contributed by atoms with Gasteiger partial charge in [0.1, 0.15) is 0 Å². The molecule has 0 unspecified atom stereocenters. The number of hydrogen-bond acceptors (Lipinski definition) is 0. The zero-order valence-electron chi connectivity index (χ0n) is 8.56. The second kappa shape index (κ2) is 4.86. The molecule has 0 saturated heterocycles. The molecular formula is C13H17. The van der Waals surface area contributed by atoms with E-state index >= 15 is 0 Å². The van der Waals surface area contributed by atoms with Crippen LogP contribution >= 0.6 is 0 Å². The van der Waals surface area contributed by atoms with E-state index in [-0.39, 0.29) is 0 Å². The topological polar surface area (TPSA) is 0 Å². The lowest BCUT2D eigenvalue weighted by atomic mass is 10.0. The van der Waals surface area contributed by atoms with Crippen LogP contribution in [0.25, 0.3) is 0 Å². The Morgan fingerprint density at radius 3 is 2.69 bits per heavy atom. The molecule has 13 heavy (non-hydrogen) atoms. The fourth-order valence-electron chi connectivity index (χ4n) is 1.49. The van der Waals surface area contributed by atoms with E-state index in [1.54, 1.807) is 0 Å². The van der Waals surface area contributed by atoms with Crippen molar-refractivity contribution in [3.8, 4) is 0 Å². The Hall–Kier alpha value is -1.04. The summed E-state index contributed by atoms with van der Waals surface area (Å²) >= 11 is 0. The van der Waals surface area contributed by atoms with E-state index < -0.39 is 0 Å². The fraction of sp³-hybridized carbons (Fsp3) is 0.385. The molecule has 0 amide bonds. The van der Waals surface area contributed by atoms with Gasteiger partial charge in [-0.25, -0.2) is 0 Å². The van der Waals surface area contributed by atoms with Crippen molar-refractivity contribution in [2.75, 3.05) is 0 Å². The maximum Gasteiger partial charge on any atom is -0.0179 e. The predicted octanol–water partition coefficient (Wildman–Crippen LogP) is 3.67. The highest BCUT2D eigenvalue weighted by Crippen LogP contribution is 2.12. The molecule has 0 fully saturated rings. The lowest BCUT2D eigenvalue weighted by Crippen LogP contribution is -1.88. The van der Waals surface area contributed by atoms with Gasteiger partial charge in [-0.3, -0.25) is 0 Å². The number of rotatable bonds is 4. The zero-order chi connectivity index (χ0) is 9.68. The summed E-state index contributed by atoms with van der Waals surface area (Å²) in [7, 11) is 0. The minimum atomic E-state index is 1.12. The summed E-state index contributed by atoms with van der Waals surface area (Å²) in [6, 6.07) is 6.54. The Morgan fingerprint density at radius 2 is 2.08 bits per heavy atom. The summed E-state index contributed by atoms with van der Waals surface area (Å²) in [5.74, 6) is 0. The molecule has 0 atom stereocenters. The van der Waals surface area contributed by atoms with Crippen molar-refractivity contribution in [3.05, 3.63) is 47.5 Å². The first kappa shape index (κ1) is 10.0. The highest BCUT2D eigenvalue weighted by Gasteiger charge is 1.95. The predicted molar refractivity (Wildman–Crippen MR) is 57.8 cm³/mol. The molecule has 0 aromatic heterocycles. The summed E-state index contributed by atoms with van der Waals surface area (Å²) < 4.78 is 0. The summed E-state index contributed by atoms with van der Waals surface area (Å²) in [5.41, 5.74) is 3.83. The molecule has 0 aliphatic carbocycles. The molecule has 0 saturated carbocycles. The van der Waals surface area contributed by atoms with Crippen molar-refractivity contribution in [1.82, 2.24) is 0 Å². The van der Waals surface area contributed by atoms with Crippen LogP contribution in [0.3, 0.4) is 0 Å². The lowest BCUT2D eigenvalue weighted by Gasteiger charge is -2.03. The van der Waals surface area contributed by atoms with Gasteiger partial charge in [-0.2, -0.15) is 0 Å². The van der Waals surface area contributed by atoms with E-state index in [2.05, 4.69) is 44.7 Å². The molecule has 0 aliphatic rings. The second-order valence-electron chi connectivity index (χ2n) is 3.49. The molecular weight excluding hydrogens is 156 g/mol. The molecule has 0 N–H and O–H groups in total. The van der Waals surface area contributed by atoms with E-state index in [9.17, 15) is 0 Å². The largest absolute Gasteiger partial charge is 0.0906 e. The van der Waals surface area contributed by atoms with Crippen LogP contribution < -0.4 is 0 Å². The Labute approximate surface area is 81.3 Å². The van der Waals surface area contributed by atoms with Gasteiger partial charge in [-0.15, -0.1) is 0 Å². The molecule has 1 aromatic carbocycles. The summed E-state index contributed by atoms with van der Waals surface area (Å²) in [6.45, 7) is 8.01. The maximum atomic E-state index is 3.67. The summed E-state index contributed by atoms with van der Waals surface area (Å²) in [4.78, 5) is 0. The monoisotopic (exact) mass is 173 g/mol. The number of aryl methyl sites for hydroxylation is 2. The van der Waals surface area contributed by atoms with Crippen LogP contribution in [-0.2, 0) is 6.42 Å². The third-order valence-electron chi connectivity index (χ3n) is 2.16. The first-order valence-corrected chi connectivity index (χ1v) is 4.90. The molecule has 0 aliphatic heterocycles. The summed E-state index contributed by atoms with van der Waals surface area (Å²) in [6.07, 6.45) is 6.62. The third kappa shape index (κ3) is 3.06. The minimum Gasteiger partial charge on any atom is -0.0906 e. The lowest BCUT2D eigenvalue weighted by molar-refractivity contribution is 0.794. The van der Waals surface area contributed by atoms with Crippen molar-refractivity contribution in [1.29, 1.82) is 0 Å². The van der Waals surface area contributed by atoms with Crippen molar-refractivity contribution in [2.24, 2.45) is 0 Å². The minimum absolute atomic E-state index is 1.12. The van der Waals surface area contributed by atoms with Gasteiger partial charge in [0.05, 0.1) is 0 Å². The van der Waals surface area contributed by atoms with Gasteiger partial charge in [-0.05, 0) is 37.0 Å². The van der Waals surface area contributed by atoms with Crippen molar-refractivity contribution in [2.45, 2.75) is 33.1 Å². The standard InChI is InChI=1S/C13H17/c1-4-6-7-13-9-11(3)8-12(5-2)10-13/h8-10H,2,4,6-7H2,1,3H3. The van der Waals surface area contributed by atoms with E-state index in [1.807, 2.05) is 0 Å². The molecule has 0 heterocycles. The van der Waals surface area contributed by atoms with E-state index in [4.69, 9.17) is 0 Å². The van der Waals surface area contributed by atoms with Crippen LogP contribution in [0.1, 0.15) is 36.5 Å². The highest BCUT2D eigenvalue weighted by atomic mass is 14.0. The van der Waals surface area contributed by atoms with E-state index in [0.717, 1.165) is 5.56 Å². The highest BCUT2D eigenvalue weighted by molar-refractivity contribution is 5.32. The van der Waals surface area contributed by atoms with Gasteiger partial charge in [0, 0.05) is 0 Å². The molecule has 69 valence electrons. The molecule has 0 heteroatoms. The van der Waals surface area contributed by atoms with Crippen LogP contribution in [0.2, 0.25) is 0 Å². The van der Waals surface area contributed by atoms with Gasteiger partial charge in [0.2, 0.25) is 0 Å². The van der Waals surface area contributed by atoms with Gasteiger partial charge in [0.15, 0.2) is 0 Å². The second-order valence-corrected chi connectivity index (χ2v) is 3.49. The SMILES string of the molecule is C=[C]c1cc(C)cc(CCCC)c1. The zero-order valence-corrected chi connectivity index (χ0v) is 8.56. The first-order valence-electron chi connectivity index (χ1n) is 4.90. The maximum absolute atomic E-state index is 3.67. The average molecular weight is 173 g/mol. The third-order valence-corrected chi connectivity index (χ3v) is 2.16. The number of benzene rings is 1. The molecule has 0 bridgehead atoms. The van der Waals surface area contributed by atoms with Crippen LogP contribution in [0.5, 0.6) is 0 Å². The Bertz CT molecular complexity index is 284. The molecule has 1 rings (SSSR count). The van der Waals surface area contributed by atoms with Crippen LogP contribution in [0, 0.1) is 13.0 Å². The van der Waals surface area contributed by atoms with Crippen LogP contribution in [-0.4, -0.2) is 0 Å². The summed E-state index contributed by atoms with van der Waals surface area (Å²) in [5, 5.41) is 0. The first-order chi connectivity index (χ1) is 6.26. The van der Waals surface area contributed by atoms with Gasteiger partial charge in [0.25, 0.3) is 0 Å². The molecule has 1 radical (unpaired) electrons. The molecule has 0 spiro atoms. The number of unbranched alkanes of at least 4 members (excludes halogenated alkanes) is 1. The van der Waals surface area contributed by atoms with Crippen LogP contribution in [0.4, 0.5) is 0 Å². The fourth-order valence-corrected chi connectivity index (χ4v) is 1.49. The van der Waals surface area contributed by atoms with E-state index in [1.165, 1.54) is 30.4 Å². The Kier molecular flexibility index (Phi) is 3.75. The van der Waals surface area contributed by atoms with E-state index in [0.29, 0.717) is 0 Å². The van der Waals surface area contributed by atoms with Gasteiger partial charge in [-0.1, -0.05) is 43.7 Å². The molecule has 1 aromatic rings. The van der Waals surface area contributed by atoms with Crippen molar-refractivity contribution in [3.63, 3.8) is 0 Å². The van der Waals surface area contributed by atoms with Gasteiger partial charge >= 0.3 is 0 Å². The molecule has 0 nitrogen and oxygen atoms in total. The van der Waals surface area contributed by atoms with Gasteiger partial charge < -0.3 is 0 Å². The van der Waals surface area contributed by atoms with Crippen molar-refractivity contribution >= 4 is 0 Å². The Balaban J connectivity index is 2.81. The normalized spacial score (nSPS) is 10.0.